The van der Waals surface area contributed by atoms with Crippen LogP contribution in [-0.4, -0.2) is 36.5 Å². The van der Waals surface area contributed by atoms with Crippen LogP contribution < -0.4 is 10.6 Å². The molecule has 1 aromatic rings. The van der Waals surface area contributed by atoms with Gasteiger partial charge in [-0.1, -0.05) is 12.1 Å². The number of benzene rings is 1. The zero-order valence-electron chi connectivity index (χ0n) is 10.5. The van der Waals surface area contributed by atoms with E-state index in [0.29, 0.717) is 26.1 Å². The number of anilines is 1. The van der Waals surface area contributed by atoms with Crippen molar-refractivity contribution >= 4 is 11.7 Å². The standard InChI is InChI=1S/C13H17FN2O3/c14-10-3-1-2-4-11(10)15-12(18)16-13(9-17)5-7-19-8-6-13/h1-4,17H,5-9H2,(H2,15,16,18). The summed E-state index contributed by atoms with van der Waals surface area (Å²) in [6.45, 7) is 0.808. The Labute approximate surface area is 110 Å². The molecular weight excluding hydrogens is 251 g/mol. The van der Waals surface area contributed by atoms with Crippen molar-refractivity contribution in [2.24, 2.45) is 0 Å². The van der Waals surface area contributed by atoms with E-state index >= 15 is 0 Å². The summed E-state index contributed by atoms with van der Waals surface area (Å²) in [5.41, 5.74) is -0.576. The Morgan fingerprint density at radius 2 is 2.05 bits per heavy atom. The van der Waals surface area contributed by atoms with Gasteiger partial charge in [0.2, 0.25) is 0 Å². The van der Waals surface area contributed by atoms with Crippen LogP contribution in [0.25, 0.3) is 0 Å². The average molecular weight is 268 g/mol. The summed E-state index contributed by atoms with van der Waals surface area (Å²) < 4.78 is 18.6. The SMILES string of the molecule is O=C(Nc1ccccc1F)NC1(CO)CCOCC1. The number of urea groups is 1. The molecule has 1 aliphatic rings. The minimum atomic E-state index is -0.687. The first kappa shape index (κ1) is 13.8. The number of hydrogen-bond donors (Lipinski definition) is 3. The third-order valence-electron chi connectivity index (χ3n) is 3.25. The topological polar surface area (TPSA) is 70.6 Å². The summed E-state index contributed by atoms with van der Waals surface area (Å²) in [6.07, 6.45) is 1.07. The molecule has 2 amide bonds. The van der Waals surface area contributed by atoms with Gasteiger partial charge in [-0.2, -0.15) is 0 Å². The maximum absolute atomic E-state index is 13.4. The second kappa shape index (κ2) is 5.99. The molecule has 0 aromatic heterocycles. The predicted molar refractivity (Wildman–Crippen MR) is 68.4 cm³/mol. The first-order chi connectivity index (χ1) is 9.15. The van der Waals surface area contributed by atoms with E-state index in [1.165, 1.54) is 12.1 Å². The number of aliphatic hydroxyl groups is 1. The highest BCUT2D eigenvalue weighted by atomic mass is 19.1. The van der Waals surface area contributed by atoms with Crippen LogP contribution in [0.5, 0.6) is 0 Å². The lowest BCUT2D eigenvalue weighted by Crippen LogP contribution is -2.55. The Bertz CT molecular complexity index is 447. The number of rotatable bonds is 3. The Hall–Kier alpha value is -1.66. The van der Waals surface area contributed by atoms with Gasteiger partial charge in [0, 0.05) is 13.2 Å². The average Bonchev–Trinajstić information content (AvgIpc) is 2.42. The third-order valence-corrected chi connectivity index (χ3v) is 3.25. The highest BCUT2D eigenvalue weighted by Gasteiger charge is 2.33. The normalized spacial score (nSPS) is 17.8. The monoisotopic (exact) mass is 268 g/mol. The lowest BCUT2D eigenvalue weighted by Gasteiger charge is -2.36. The molecule has 1 aliphatic heterocycles. The predicted octanol–water partition coefficient (Wildman–Crippen LogP) is 1.49. The molecule has 1 aromatic carbocycles. The van der Waals surface area contributed by atoms with Crippen molar-refractivity contribution in [1.82, 2.24) is 5.32 Å². The summed E-state index contributed by atoms with van der Waals surface area (Å²) in [5, 5.41) is 14.6. The Morgan fingerprint density at radius 3 is 2.68 bits per heavy atom. The molecule has 1 saturated heterocycles. The van der Waals surface area contributed by atoms with E-state index in [0.717, 1.165) is 0 Å². The molecule has 0 bridgehead atoms. The van der Waals surface area contributed by atoms with Crippen LogP contribution >= 0.6 is 0 Å². The Morgan fingerprint density at radius 1 is 1.37 bits per heavy atom. The smallest absolute Gasteiger partial charge is 0.319 e. The van der Waals surface area contributed by atoms with Gasteiger partial charge in [-0.3, -0.25) is 0 Å². The molecule has 2 rings (SSSR count). The van der Waals surface area contributed by atoms with Crippen molar-refractivity contribution in [2.75, 3.05) is 25.1 Å². The van der Waals surface area contributed by atoms with Crippen molar-refractivity contribution in [3.63, 3.8) is 0 Å². The van der Waals surface area contributed by atoms with Crippen molar-refractivity contribution in [2.45, 2.75) is 18.4 Å². The summed E-state index contributed by atoms with van der Waals surface area (Å²) in [5.74, 6) is -0.498. The Balaban J connectivity index is 1.98. The number of nitrogens with one attached hydrogen (secondary N) is 2. The number of carbonyl (C=O) groups excluding carboxylic acids is 1. The van der Waals surface area contributed by atoms with E-state index in [1.807, 2.05) is 0 Å². The van der Waals surface area contributed by atoms with Gasteiger partial charge in [0.25, 0.3) is 0 Å². The molecule has 0 radical (unpaired) electrons. The van der Waals surface area contributed by atoms with Gasteiger partial charge in [0.15, 0.2) is 0 Å². The molecule has 0 unspecified atom stereocenters. The molecular formula is C13H17FN2O3. The lowest BCUT2D eigenvalue weighted by atomic mass is 9.91. The molecule has 0 atom stereocenters. The fraction of sp³-hybridized carbons (Fsp3) is 0.462. The number of hydrogen-bond acceptors (Lipinski definition) is 3. The first-order valence-corrected chi connectivity index (χ1v) is 6.17. The van der Waals surface area contributed by atoms with Crippen molar-refractivity contribution in [3.8, 4) is 0 Å². The second-order valence-corrected chi connectivity index (χ2v) is 4.61. The molecule has 6 heteroatoms. The highest BCUT2D eigenvalue weighted by molar-refractivity contribution is 5.89. The van der Waals surface area contributed by atoms with Crippen LogP contribution in [0.2, 0.25) is 0 Å². The van der Waals surface area contributed by atoms with Gasteiger partial charge in [0.05, 0.1) is 17.8 Å². The van der Waals surface area contributed by atoms with Crippen molar-refractivity contribution < 1.29 is 19.0 Å². The molecule has 0 aliphatic carbocycles. The summed E-state index contributed by atoms with van der Waals surface area (Å²) in [4.78, 5) is 11.9. The number of para-hydroxylation sites is 1. The zero-order valence-corrected chi connectivity index (χ0v) is 10.5. The minimum absolute atomic E-state index is 0.111. The van der Waals surface area contributed by atoms with Crippen molar-refractivity contribution in [3.05, 3.63) is 30.1 Å². The number of ether oxygens (including phenoxy) is 1. The highest BCUT2D eigenvalue weighted by Crippen LogP contribution is 2.20. The first-order valence-electron chi connectivity index (χ1n) is 6.17. The maximum Gasteiger partial charge on any atom is 0.319 e. The number of aliphatic hydroxyl groups excluding tert-OH is 1. The van der Waals surface area contributed by atoms with E-state index in [-0.39, 0.29) is 12.3 Å². The molecule has 0 saturated carbocycles. The van der Waals surface area contributed by atoms with Crippen LogP contribution in [0, 0.1) is 5.82 Å². The summed E-state index contributed by atoms with van der Waals surface area (Å²) in [6, 6.07) is 5.40. The fourth-order valence-electron chi connectivity index (χ4n) is 2.04. The number of halogens is 1. The number of amides is 2. The lowest BCUT2D eigenvalue weighted by molar-refractivity contribution is 0.0179. The van der Waals surface area contributed by atoms with Crippen LogP contribution in [0.3, 0.4) is 0 Å². The van der Waals surface area contributed by atoms with Crippen LogP contribution in [-0.2, 0) is 4.74 Å². The third kappa shape index (κ3) is 3.42. The second-order valence-electron chi connectivity index (χ2n) is 4.61. The quantitative estimate of drug-likeness (QED) is 0.777. The van der Waals surface area contributed by atoms with E-state index in [2.05, 4.69) is 10.6 Å². The van der Waals surface area contributed by atoms with Crippen LogP contribution in [0.4, 0.5) is 14.9 Å². The van der Waals surface area contributed by atoms with Crippen LogP contribution in [0.15, 0.2) is 24.3 Å². The van der Waals surface area contributed by atoms with Crippen molar-refractivity contribution in [1.29, 1.82) is 0 Å². The van der Waals surface area contributed by atoms with E-state index in [9.17, 15) is 14.3 Å². The molecule has 1 fully saturated rings. The van der Waals surface area contributed by atoms with Gasteiger partial charge in [-0.15, -0.1) is 0 Å². The molecule has 104 valence electrons. The maximum atomic E-state index is 13.4. The Kier molecular flexibility index (Phi) is 4.34. The number of carbonyl (C=O) groups is 1. The molecule has 5 nitrogen and oxygen atoms in total. The van der Waals surface area contributed by atoms with Gasteiger partial charge >= 0.3 is 6.03 Å². The fourth-order valence-corrected chi connectivity index (χ4v) is 2.04. The largest absolute Gasteiger partial charge is 0.394 e. The summed E-state index contributed by atoms with van der Waals surface area (Å²) in [7, 11) is 0. The zero-order chi connectivity index (χ0) is 13.7. The van der Waals surface area contributed by atoms with E-state index in [4.69, 9.17) is 4.74 Å². The molecule has 0 spiro atoms. The van der Waals surface area contributed by atoms with E-state index in [1.54, 1.807) is 12.1 Å². The van der Waals surface area contributed by atoms with Gasteiger partial charge in [0.1, 0.15) is 5.82 Å². The van der Waals surface area contributed by atoms with Gasteiger partial charge < -0.3 is 20.5 Å². The molecule has 3 N–H and O–H groups in total. The van der Waals surface area contributed by atoms with Gasteiger partial charge in [-0.25, -0.2) is 9.18 Å². The van der Waals surface area contributed by atoms with E-state index < -0.39 is 17.4 Å². The molecule has 19 heavy (non-hydrogen) atoms. The summed E-state index contributed by atoms with van der Waals surface area (Å²) >= 11 is 0. The van der Waals surface area contributed by atoms with Gasteiger partial charge in [-0.05, 0) is 25.0 Å². The molecule has 1 heterocycles. The minimum Gasteiger partial charge on any atom is -0.394 e. The van der Waals surface area contributed by atoms with Crippen LogP contribution in [0.1, 0.15) is 12.8 Å².